The van der Waals surface area contributed by atoms with Gasteiger partial charge in [0.05, 0.1) is 6.61 Å². The van der Waals surface area contributed by atoms with E-state index in [0.717, 1.165) is 0 Å². The van der Waals surface area contributed by atoms with E-state index in [-0.39, 0.29) is 13.2 Å². The molecule has 0 aromatic rings. The number of aliphatic hydroxyl groups is 2. The van der Waals surface area contributed by atoms with Crippen molar-refractivity contribution in [3.8, 4) is 0 Å². The van der Waals surface area contributed by atoms with Gasteiger partial charge in [0.25, 0.3) is 0 Å². The van der Waals surface area contributed by atoms with Gasteiger partial charge in [0.1, 0.15) is 12.7 Å². The monoisotopic (exact) mass is 232 g/mol. The quantitative estimate of drug-likeness (QED) is 0.331. The molecular formula is C5H12O8S. The van der Waals surface area contributed by atoms with Crippen molar-refractivity contribution in [1.82, 2.24) is 0 Å². The lowest BCUT2D eigenvalue weighted by Crippen LogP contribution is -2.20. The maximum absolute atomic E-state index is 10.0. The van der Waals surface area contributed by atoms with E-state index in [1.807, 2.05) is 0 Å². The molecule has 1 atom stereocenters. The number of rotatable bonds is 3. The van der Waals surface area contributed by atoms with Crippen LogP contribution in [0.1, 0.15) is 6.92 Å². The fourth-order valence-electron chi connectivity index (χ4n) is 0.266. The van der Waals surface area contributed by atoms with Crippen molar-refractivity contribution in [1.29, 1.82) is 0 Å². The Labute approximate surface area is 80.7 Å². The van der Waals surface area contributed by atoms with Gasteiger partial charge in [-0.1, -0.05) is 0 Å². The maximum Gasteiger partial charge on any atom is 0.394 e. The summed E-state index contributed by atoms with van der Waals surface area (Å²) in [6.45, 7) is 0.725. The van der Waals surface area contributed by atoms with Gasteiger partial charge in [-0.3, -0.25) is 13.9 Å². The molecule has 0 fully saturated rings. The van der Waals surface area contributed by atoms with Gasteiger partial charge in [-0.05, 0) is 0 Å². The van der Waals surface area contributed by atoms with Crippen LogP contribution < -0.4 is 0 Å². The van der Waals surface area contributed by atoms with Crippen LogP contribution in [0.15, 0.2) is 0 Å². The Balaban J connectivity index is 0. The molecule has 0 aromatic carbocycles. The first-order valence-corrected chi connectivity index (χ1v) is 4.68. The van der Waals surface area contributed by atoms with Crippen LogP contribution in [0.3, 0.4) is 0 Å². The zero-order chi connectivity index (χ0) is 11.8. The van der Waals surface area contributed by atoms with Crippen molar-refractivity contribution >= 4 is 16.4 Å². The molecule has 0 saturated carbocycles. The molecular weight excluding hydrogens is 220 g/mol. The number of esters is 1. The van der Waals surface area contributed by atoms with Gasteiger partial charge in [0.2, 0.25) is 0 Å². The van der Waals surface area contributed by atoms with Crippen molar-refractivity contribution in [2.24, 2.45) is 0 Å². The lowest BCUT2D eigenvalue weighted by atomic mass is 10.4. The Hall–Kier alpha value is -0.740. The maximum atomic E-state index is 10.0. The van der Waals surface area contributed by atoms with E-state index in [1.54, 1.807) is 0 Å². The minimum atomic E-state index is -4.67. The second-order valence-corrected chi connectivity index (χ2v) is 2.98. The number of ether oxygens (including phenoxy) is 1. The highest BCUT2D eigenvalue weighted by atomic mass is 32.3. The van der Waals surface area contributed by atoms with Crippen molar-refractivity contribution < 1.29 is 37.3 Å². The molecule has 0 bridgehead atoms. The van der Waals surface area contributed by atoms with Crippen LogP contribution in [-0.4, -0.2) is 53.0 Å². The van der Waals surface area contributed by atoms with Gasteiger partial charge in [0.15, 0.2) is 0 Å². The highest BCUT2D eigenvalue weighted by Gasteiger charge is 2.02. The van der Waals surface area contributed by atoms with E-state index in [2.05, 4.69) is 4.74 Å². The summed E-state index contributed by atoms with van der Waals surface area (Å²) < 4.78 is 35.9. The molecule has 9 heteroatoms. The molecule has 0 aliphatic heterocycles. The Morgan fingerprint density at radius 3 is 2.00 bits per heavy atom. The summed E-state index contributed by atoms with van der Waals surface area (Å²) in [5, 5.41) is 16.8. The molecule has 0 aliphatic rings. The zero-order valence-corrected chi connectivity index (χ0v) is 8.14. The lowest BCUT2D eigenvalue weighted by Gasteiger charge is -2.05. The fraction of sp³-hybridized carbons (Fsp3) is 0.800. The van der Waals surface area contributed by atoms with Gasteiger partial charge in [-0.15, -0.1) is 0 Å². The SMILES string of the molecule is CC(=O)OCC(O)CO.O=S(=O)(O)O. The minimum Gasteiger partial charge on any atom is -0.463 e. The normalized spacial score (nSPS) is 12.4. The molecule has 8 nitrogen and oxygen atoms in total. The third-order valence-corrected chi connectivity index (χ3v) is 0.690. The van der Waals surface area contributed by atoms with E-state index in [1.165, 1.54) is 6.92 Å². The first-order valence-electron chi connectivity index (χ1n) is 3.29. The summed E-state index contributed by atoms with van der Waals surface area (Å²) >= 11 is 0. The summed E-state index contributed by atoms with van der Waals surface area (Å²) in [5.41, 5.74) is 0. The number of hydrogen-bond acceptors (Lipinski definition) is 6. The van der Waals surface area contributed by atoms with E-state index < -0.39 is 22.5 Å². The first kappa shape index (κ1) is 15.7. The van der Waals surface area contributed by atoms with Crippen LogP contribution in [0.4, 0.5) is 0 Å². The molecule has 0 rings (SSSR count). The standard InChI is InChI=1S/C5H10O4.H2O4S/c1-4(7)9-3-5(8)2-6;1-5(2,3)4/h5-6,8H,2-3H2,1H3;(H2,1,2,3,4). The largest absolute Gasteiger partial charge is 0.463 e. The fourth-order valence-corrected chi connectivity index (χ4v) is 0.266. The summed E-state index contributed by atoms with van der Waals surface area (Å²) in [6.07, 6.45) is -0.950. The zero-order valence-electron chi connectivity index (χ0n) is 7.32. The average molecular weight is 232 g/mol. The molecule has 0 amide bonds. The van der Waals surface area contributed by atoms with Gasteiger partial charge >= 0.3 is 16.4 Å². The molecule has 0 heterocycles. The van der Waals surface area contributed by atoms with Crippen molar-refractivity contribution in [3.05, 3.63) is 0 Å². The second-order valence-electron chi connectivity index (χ2n) is 2.09. The first-order chi connectivity index (χ1) is 6.16. The molecule has 0 aromatic heterocycles. The van der Waals surface area contributed by atoms with Crippen LogP contribution in [-0.2, 0) is 19.9 Å². The minimum absolute atomic E-state index is 0.133. The lowest BCUT2D eigenvalue weighted by molar-refractivity contribution is -0.144. The number of carbonyl (C=O) groups is 1. The number of hydrogen-bond donors (Lipinski definition) is 4. The van der Waals surface area contributed by atoms with Crippen LogP contribution in [0.2, 0.25) is 0 Å². The number of aliphatic hydroxyl groups excluding tert-OH is 2. The van der Waals surface area contributed by atoms with Crippen molar-refractivity contribution in [2.45, 2.75) is 13.0 Å². The average Bonchev–Trinajstić information content (AvgIpc) is 1.96. The third-order valence-electron chi connectivity index (χ3n) is 0.690. The predicted molar refractivity (Wildman–Crippen MR) is 43.9 cm³/mol. The predicted octanol–water partition coefficient (Wildman–Crippen LogP) is -1.75. The van der Waals surface area contributed by atoms with E-state index in [0.29, 0.717) is 0 Å². The van der Waals surface area contributed by atoms with Crippen LogP contribution >= 0.6 is 0 Å². The molecule has 0 radical (unpaired) electrons. The number of carbonyl (C=O) groups excluding carboxylic acids is 1. The second kappa shape index (κ2) is 7.64. The summed E-state index contributed by atoms with van der Waals surface area (Å²) in [4.78, 5) is 10.0. The summed E-state index contributed by atoms with van der Waals surface area (Å²) in [7, 11) is -4.67. The van der Waals surface area contributed by atoms with Gasteiger partial charge in [-0.2, -0.15) is 8.42 Å². The van der Waals surface area contributed by atoms with Crippen molar-refractivity contribution in [2.75, 3.05) is 13.2 Å². The van der Waals surface area contributed by atoms with Crippen LogP contribution in [0.25, 0.3) is 0 Å². The van der Waals surface area contributed by atoms with E-state index >= 15 is 0 Å². The van der Waals surface area contributed by atoms with E-state index in [4.69, 9.17) is 27.7 Å². The topological polar surface area (TPSA) is 141 Å². The van der Waals surface area contributed by atoms with Crippen LogP contribution in [0, 0.1) is 0 Å². The molecule has 14 heavy (non-hydrogen) atoms. The van der Waals surface area contributed by atoms with Gasteiger partial charge < -0.3 is 14.9 Å². The Morgan fingerprint density at radius 2 is 1.79 bits per heavy atom. The molecule has 0 spiro atoms. The summed E-state index contributed by atoms with van der Waals surface area (Å²) in [6, 6.07) is 0. The Bertz CT molecular complexity index is 236. The molecule has 86 valence electrons. The van der Waals surface area contributed by atoms with Gasteiger partial charge in [0, 0.05) is 6.92 Å². The smallest absolute Gasteiger partial charge is 0.394 e. The molecule has 0 aliphatic carbocycles. The van der Waals surface area contributed by atoms with E-state index in [9.17, 15) is 4.79 Å². The third kappa shape index (κ3) is 30.2. The highest BCUT2D eigenvalue weighted by Crippen LogP contribution is 1.82. The highest BCUT2D eigenvalue weighted by molar-refractivity contribution is 7.79. The van der Waals surface area contributed by atoms with Crippen molar-refractivity contribution in [3.63, 3.8) is 0 Å². The molecule has 1 unspecified atom stereocenters. The molecule has 4 N–H and O–H groups in total. The Morgan fingerprint density at radius 1 is 1.43 bits per heavy atom. The van der Waals surface area contributed by atoms with Crippen LogP contribution in [0.5, 0.6) is 0 Å². The van der Waals surface area contributed by atoms with Gasteiger partial charge in [-0.25, -0.2) is 0 Å². The Kier molecular flexibility index (Phi) is 8.58. The molecule has 0 saturated heterocycles. The summed E-state index contributed by atoms with van der Waals surface area (Å²) in [5.74, 6) is -0.456.